The predicted molar refractivity (Wildman–Crippen MR) is 88.7 cm³/mol. The van der Waals surface area contributed by atoms with Gasteiger partial charge in [-0.1, -0.05) is 18.5 Å². The average Bonchev–Trinajstić information content (AvgIpc) is 3.35. The summed E-state index contributed by atoms with van der Waals surface area (Å²) in [6.45, 7) is 1.44. The third-order valence-electron chi connectivity index (χ3n) is 4.57. The van der Waals surface area contributed by atoms with Crippen LogP contribution in [0.25, 0.3) is 0 Å². The smallest absolute Gasteiger partial charge is 0.359 e. The fourth-order valence-corrected chi connectivity index (χ4v) is 3.19. The molecule has 4 nitrogen and oxygen atoms in total. The van der Waals surface area contributed by atoms with Crippen molar-refractivity contribution in [3.05, 3.63) is 28.8 Å². The number of ether oxygens (including phenoxy) is 1. The van der Waals surface area contributed by atoms with Gasteiger partial charge in [-0.25, -0.2) is 4.79 Å². The standard InChI is InChI=1S/C17H20ClF3N2O2/c1-2-7-23-10-16(17(19,20)21,25-9-11-3-4-11)13-8-12(18)5-6-14(13)22-15(23)24/h5-6,8,11H,2-4,7,9-10H2,1H3,(H,22,24)/t16-/m1/s1. The lowest BCUT2D eigenvalue weighted by Crippen LogP contribution is -2.53. The van der Waals surface area contributed by atoms with E-state index in [4.69, 9.17) is 16.3 Å². The number of halogens is 4. The van der Waals surface area contributed by atoms with Crippen molar-refractivity contribution in [2.24, 2.45) is 5.92 Å². The van der Waals surface area contributed by atoms with Gasteiger partial charge in [0.1, 0.15) is 0 Å². The molecule has 2 amide bonds. The third-order valence-corrected chi connectivity index (χ3v) is 4.81. The van der Waals surface area contributed by atoms with Crippen LogP contribution in [0, 0.1) is 5.92 Å². The Morgan fingerprint density at radius 1 is 1.40 bits per heavy atom. The van der Waals surface area contributed by atoms with E-state index in [1.807, 2.05) is 6.92 Å². The summed E-state index contributed by atoms with van der Waals surface area (Å²) in [6, 6.07) is 3.53. The zero-order valence-electron chi connectivity index (χ0n) is 13.8. The van der Waals surface area contributed by atoms with Crippen molar-refractivity contribution in [1.82, 2.24) is 4.90 Å². The molecule has 1 heterocycles. The van der Waals surface area contributed by atoms with Crippen LogP contribution in [-0.4, -0.2) is 36.8 Å². The number of hydrogen-bond acceptors (Lipinski definition) is 2. The van der Waals surface area contributed by atoms with Gasteiger partial charge in [0.15, 0.2) is 0 Å². The van der Waals surface area contributed by atoms with E-state index in [1.54, 1.807) is 0 Å². The number of hydrogen-bond donors (Lipinski definition) is 1. The molecule has 1 aromatic carbocycles. The number of alkyl halides is 3. The summed E-state index contributed by atoms with van der Waals surface area (Å²) in [5.41, 5.74) is -2.65. The van der Waals surface area contributed by atoms with Crippen molar-refractivity contribution >= 4 is 23.3 Å². The summed E-state index contributed by atoms with van der Waals surface area (Å²) in [5, 5.41) is 2.73. The van der Waals surface area contributed by atoms with Crippen molar-refractivity contribution in [1.29, 1.82) is 0 Å². The minimum Gasteiger partial charge on any atom is -0.359 e. The first-order chi connectivity index (χ1) is 11.8. The Labute approximate surface area is 149 Å². The van der Waals surface area contributed by atoms with Crippen LogP contribution in [0.2, 0.25) is 5.02 Å². The highest BCUT2D eigenvalue weighted by atomic mass is 35.5. The highest BCUT2D eigenvalue weighted by Crippen LogP contribution is 2.48. The number of amides is 2. The van der Waals surface area contributed by atoms with Crippen LogP contribution < -0.4 is 5.32 Å². The van der Waals surface area contributed by atoms with Gasteiger partial charge < -0.3 is 15.0 Å². The van der Waals surface area contributed by atoms with Gasteiger partial charge in [-0.15, -0.1) is 0 Å². The molecule has 1 atom stereocenters. The van der Waals surface area contributed by atoms with Gasteiger partial charge in [0, 0.05) is 22.8 Å². The monoisotopic (exact) mass is 376 g/mol. The maximum atomic E-state index is 14.3. The number of rotatable bonds is 5. The van der Waals surface area contributed by atoms with Crippen molar-refractivity contribution in [3.63, 3.8) is 0 Å². The van der Waals surface area contributed by atoms with Crippen LogP contribution in [0.15, 0.2) is 18.2 Å². The van der Waals surface area contributed by atoms with Crippen LogP contribution >= 0.6 is 11.6 Å². The Bertz CT molecular complexity index is 664. The average molecular weight is 377 g/mol. The molecule has 138 valence electrons. The Balaban J connectivity index is 2.12. The lowest BCUT2D eigenvalue weighted by Gasteiger charge is -2.38. The number of nitrogens with one attached hydrogen (secondary N) is 1. The molecule has 1 aliphatic heterocycles. The predicted octanol–water partition coefficient (Wildman–Crippen LogP) is 4.78. The number of fused-ring (bicyclic) bond motifs is 1. The van der Waals surface area contributed by atoms with Crippen molar-refractivity contribution in [2.45, 2.75) is 38.0 Å². The molecule has 25 heavy (non-hydrogen) atoms. The summed E-state index contributed by atoms with van der Waals surface area (Å²) in [7, 11) is 0. The Hall–Kier alpha value is -1.47. The molecule has 1 saturated carbocycles. The molecular weight excluding hydrogens is 357 g/mol. The van der Waals surface area contributed by atoms with Crippen LogP contribution in [-0.2, 0) is 10.3 Å². The number of anilines is 1. The van der Waals surface area contributed by atoms with Gasteiger partial charge in [0.2, 0.25) is 5.60 Å². The normalized spacial score (nSPS) is 23.9. The minimum absolute atomic E-state index is 0.0135. The fourth-order valence-electron chi connectivity index (χ4n) is 3.02. The first-order valence-corrected chi connectivity index (χ1v) is 8.71. The van der Waals surface area contributed by atoms with Gasteiger partial charge in [-0.05, 0) is 43.4 Å². The summed E-state index contributed by atoms with van der Waals surface area (Å²) >= 11 is 5.97. The molecule has 1 fully saturated rings. The van der Waals surface area contributed by atoms with Crippen molar-refractivity contribution in [3.8, 4) is 0 Å². The maximum Gasteiger partial charge on any atom is 0.423 e. The number of carbonyl (C=O) groups excluding carboxylic acids is 1. The van der Waals surface area contributed by atoms with E-state index in [0.29, 0.717) is 6.42 Å². The van der Waals surface area contributed by atoms with E-state index < -0.39 is 24.4 Å². The van der Waals surface area contributed by atoms with E-state index in [1.165, 1.54) is 18.2 Å². The molecule has 0 bridgehead atoms. The Kier molecular flexibility index (Phi) is 4.90. The summed E-state index contributed by atoms with van der Waals surface area (Å²) in [5.74, 6) is 0.147. The van der Waals surface area contributed by atoms with Crippen molar-refractivity contribution in [2.75, 3.05) is 25.0 Å². The first kappa shape index (κ1) is 18.3. The number of carbonyl (C=O) groups is 1. The van der Waals surface area contributed by atoms with E-state index in [9.17, 15) is 18.0 Å². The van der Waals surface area contributed by atoms with Gasteiger partial charge in [-0.3, -0.25) is 0 Å². The quantitative estimate of drug-likeness (QED) is 0.803. The van der Waals surface area contributed by atoms with E-state index >= 15 is 0 Å². The highest BCUT2D eigenvalue weighted by molar-refractivity contribution is 6.30. The second-order valence-electron chi connectivity index (χ2n) is 6.62. The zero-order valence-corrected chi connectivity index (χ0v) is 14.6. The molecule has 0 spiro atoms. The molecule has 8 heteroatoms. The third kappa shape index (κ3) is 3.58. The first-order valence-electron chi connectivity index (χ1n) is 8.33. The molecule has 3 rings (SSSR count). The topological polar surface area (TPSA) is 41.6 Å². The van der Waals surface area contributed by atoms with Crippen LogP contribution in [0.5, 0.6) is 0 Å². The summed E-state index contributed by atoms with van der Waals surface area (Å²) < 4.78 is 48.3. The lowest BCUT2D eigenvalue weighted by molar-refractivity contribution is -0.288. The van der Waals surface area contributed by atoms with Crippen LogP contribution in [0.1, 0.15) is 31.7 Å². The number of nitrogens with zero attached hydrogens (tertiary/aromatic N) is 1. The van der Waals surface area contributed by atoms with Crippen LogP contribution in [0.3, 0.4) is 0 Å². The van der Waals surface area contributed by atoms with E-state index in [-0.39, 0.29) is 35.3 Å². The minimum atomic E-state index is -4.69. The molecule has 0 aromatic heterocycles. The second-order valence-corrected chi connectivity index (χ2v) is 7.06. The molecular formula is C17H20ClF3N2O2. The summed E-state index contributed by atoms with van der Waals surface area (Å²) in [6.07, 6.45) is -2.42. The number of urea groups is 1. The molecule has 1 aliphatic carbocycles. The molecule has 1 aromatic rings. The van der Waals surface area contributed by atoms with Crippen molar-refractivity contribution < 1.29 is 22.7 Å². The summed E-state index contributed by atoms with van der Waals surface area (Å²) in [4.78, 5) is 13.5. The fraction of sp³-hybridized carbons (Fsp3) is 0.588. The van der Waals surface area contributed by atoms with E-state index in [0.717, 1.165) is 17.7 Å². The van der Waals surface area contributed by atoms with Gasteiger partial charge in [0.25, 0.3) is 0 Å². The second kappa shape index (κ2) is 6.68. The molecule has 0 radical (unpaired) electrons. The highest BCUT2D eigenvalue weighted by Gasteiger charge is 2.61. The maximum absolute atomic E-state index is 14.3. The SMILES string of the molecule is CCCN1C[C@](OCC2CC2)(C(F)(F)F)c2cc(Cl)ccc2NC1=O. The molecule has 0 saturated heterocycles. The number of benzene rings is 1. The van der Waals surface area contributed by atoms with Gasteiger partial charge in [-0.2, -0.15) is 13.2 Å². The molecule has 1 N–H and O–H groups in total. The van der Waals surface area contributed by atoms with E-state index in [2.05, 4.69) is 5.32 Å². The Morgan fingerprint density at radius 3 is 2.72 bits per heavy atom. The van der Waals surface area contributed by atoms with Gasteiger partial charge >= 0.3 is 12.2 Å². The van der Waals surface area contributed by atoms with Crippen LogP contribution in [0.4, 0.5) is 23.7 Å². The van der Waals surface area contributed by atoms with Gasteiger partial charge in [0.05, 0.1) is 13.2 Å². The largest absolute Gasteiger partial charge is 0.423 e. The zero-order chi connectivity index (χ0) is 18.2. The lowest BCUT2D eigenvalue weighted by atomic mass is 9.90. The Morgan fingerprint density at radius 2 is 2.12 bits per heavy atom. The molecule has 2 aliphatic rings. The molecule has 0 unspecified atom stereocenters.